The third-order valence-electron chi connectivity index (χ3n) is 4.76. The normalized spacial score (nSPS) is 15.5. The fraction of sp³-hybridized carbons (Fsp3) is 0.381. The Morgan fingerprint density at radius 1 is 1.04 bits per heavy atom. The molecule has 1 unspecified atom stereocenters. The lowest BCUT2D eigenvalue weighted by molar-refractivity contribution is -0.120. The van der Waals surface area contributed by atoms with Crippen LogP contribution in [0.25, 0.3) is 0 Å². The van der Waals surface area contributed by atoms with Gasteiger partial charge in [-0.25, -0.2) is 0 Å². The van der Waals surface area contributed by atoms with Gasteiger partial charge in [0.15, 0.2) is 0 Å². The number of carbonyl (C=O) groups excluding carboxylic acids is 3. The fourth-order valence-corrected chi connectivity index (χ4v) is 4.52. The van der Waals surface area contributed by atoms with E-state index in [0.29, 0.717) is 16.4 Å². The molecule has 1 aromatic carbocycles. The number of fused-ring (bicyclic) bond motifs is 1. The van der Waals surface area contributed by atoms with Crippen LogP contribution in [0, 0.1) is 19.8 Å². The lowest BCUT2D eigenvalue weighted by Gasteiger charge is -2.16. The second-order valence-corrected chi connectivity index (χ2v) is 8.61. The van der Waals surface area contributed by atoms with Gasteiger partial charge in [-0.1, -0.05) is 24.1 Å². The van der Waals surface area contributed by atoms with E-state index in [1.807, 2.05) is 26.0 Å². The summed E-state index contributed by atoms with van der Waals surface area (Å²) in [5.41, 5.74) is 8.48. The van der Waals surface area contributed by atoms with Gasteiger partial charge in [0, 0.05) is 10.4 Å². The largest absolute Gasteiger partial charge is 0.343 e. The van der Waals surface area contributed by atoms with Gasteiger partial charge < -0.3 is 5.32 Å². The Morgan fingerprint density at radius 3 is 2.46 bits per heavy atom. The third kappa shape index (κ3) is 4.98. The van der Waals surface area contributed by atoms with Crippen LogP contribution in [-0.4, -0.2) is 24.3 Å². The molecule has 1 atom stereocenters. The number of hydrogen-bond donors (Lipinski definition) is 3. The standard InChI is InChI=1S/C21H25N3O3S/c1-12-4-5-17-15(7-12)10-18(28-17)21(27)24-23-19(25)11-22-20(26)16-8-13(2)6-14(3)9-16/h6,8-10,12H,4-5,7,11H2,1-3H3,(H,22,26)(H,23,25)(H,24,27). The van der Waals surface area contributed by atoms with Gasteiger partial charge in [0.1, 0.15) is 0 Å². The van der Waals surface area contributed by atoms with Crippen LogP contribution < -0.4 is 16.2 Å². The molecule has 2 aromatic rings. The minimum Gasteiger partial charge on any atom is -0.343 e. The number of rotatable bonds is 4. The van der Waals surface area contributed by atoms with Gasteiger partial charge in [-0.2, -0.15) is 0 Å². The molecule has 0 saturated heterocycles. The van der Waals surface area contributed by atoms with Crippen LogP contribution in [0.3, 0.4) is 0 Å². The van der Waals surface area contributed by atoms with Gasteiger partial charge in [0.05, 0.1) is 11.4 Å². The first-order chi connectivity index (χ1) is 13.3. The first kappa shape index (κ1) is 20.1. The first-order valence-electron chi connectivity index (χ1n) is 9.39. The number of thiophene rings is 1. The average molecular weight is 400 g/mol. The second-order valence-electron chi connectivity index (χ2n) is 7.47. The predicted octanol–water partition coefficient (Wildman–Crippen LogP) is 2.68. The van der Waals surface area contributed by atoms with E-state index in [9.17, 15) is 14.4 Å². The Morgan fingerprint density at radius 2 is 1.75 bits per heavy atom. The van der Waals surface area contributed by atoms with Crippen molar-refractivity contribution in [2.45, 2.75) is 40.0 Å². The predicted molar refractivity (Wildman–Crippen MR) is 109 cm³/mol. The van der Waals surface area contributed by atoms with Gasteiger partial charge in [-0.3, -0.25) is 25.2 Å². The molecule has 1 aliphatic carbocycles. The zero-order valence-corrected chi connectivity index (χ0v) is 17.2. The highest BCUT2D eigenvalue weighted by Gasteiger charge is 2.21. The lowest BCUT2D eigenvalue weighted by Crippen LogP contribution is -2.46. The van der Waals surface area contributed by atoms with E-state index in [1.165, 1.54) is 21.8 Å². The molecule has 3 rings (SSSR count). The highest BCUT2D eigenvalue weighted by Crippen LogP contribution is 2.32. The summed E-state index contributed by atoms with van der Waals surface area (Å²) >= 11 is 1.48. The van der Waals surface area contributed by atoms with Crippen molar-refractivity contribution in [1.82, 2.24) is 16.2 Å². The highest BCUT2D eigenvalue weighted by molar-refractivity contribution is 7.14. The van der Waals surface area contributed by atoms with Crippen molar-refractivity contribution in [3.63, 3.8) is 0 Å². The zero-order chi connectivity index (χ0) is 20.3. The van der Waals surface area contributed by atoms with Crippen LogP contribution >= 0.6 is 11.3 Å². The number of benzene rings is 1. The molecule has 0 spiro atoms. The fourth-order valence-electron chi connectivity index (χ4n) is 3.42. The average Bonchev–Trinajstić information content (AvgIpc) is 3.06. The molecule has 28 heavy (non-hydrogen) atoms. The summed E-state index contributed by atoms with van der Waals surface area (Å²) in [5.74, 6) is -0.506. The van der Waals surface area contributed by atoms with E-state index in [0.717, 1.165) is 30.4 Å². The van der Waals surface area contributed by atoms with Gasteiger partial charge in [-0.15, -0.1) is 11.3 Å². The molecule has 148 valence electrons. The third-order valence-corrected chi connectivity index (χ3v) is 6.00. The molecule has 1 aromatic heterocycles. The van der Waals surface area contributed by atoms with Crippen molar-refractivity contribution < 1.29 is 14.4 Å². The van der Waals surface area contributed by atoms with E-state index in [2.05, 4.69) is 23.1 Å². The topological polar surface area (TPSA) is 87.3 Å². The van der Waals surface area contributed by atoms with Crippen molar-refractivity contribution in [2.24, 2.45) is 5.92 Å². The molecule has 6 nitrogen and oxygen atoms in total. The second kappa shape index (κ2) is 8.56. The van der Waals surface area contributed by atoms with Gasteiger partial charge in [0.2, 0.25) is 0 Å². The van der Waals surface area contributed by atoms with E-state index in [-0.39, 0.29) is 18.4 Å². The Balaban J connectivity index is 1.47. The van der Waals surface area contributed by atoms with Gasteiger partial charge in [-0.05, 0) is 62.8 Å². The number of nitrogens with one attached hydrogen (secondary N) is 3. The summed E-state index contributed by atoms with van der Waals surface area (Å²) in [5, 5.41) is 2.56. The molecule has 0 fully saturated rings. The lowest BCUT2D eigenvalue weighted by atomic mass is 9.90. The number of hydrazine groups is 1. The van der Waals surface area contributed by atoms with Crippen molar-refractivity contribution in [2.75, 3.05) is 6.54 Å². The SMILES string of the molecule is Cc1cc(C)cc(C(=O)NCC(=O)NNC(=O)c2cc3c(s2)CCC(C)C3)c1. The Bertz CT molecular complexity index is 899. The van der Waals surface area contributed by atoms with Crippen LogP contribution in [0.5, 0.6) is 0 Å². The molecule has 3 amide bonds. The van der Waals surface area contributed by atoms with Crippen LogP contribution in [0.1, 0.15) is 54.9 Å². The molecule has 0 bridgehead atoms. The summed E-state index contributed by atoms with van der Waals surface area (Å²) in [6.45, 7) is 5.82. The number of aryl methyl sites for hydroxylation is 3. The van der Waals surface area contributed by atoms with Crippen molar-refractivity contribution in [3.8, 4) is 0 Å². The smallest absolute Gasteiger partial charge is 0.279 e. The summed E-state index contributed by atoms with van der Waals surface area (Å²) in [7, 11) is 0. The quantitative estimate of drug-likeness (QED) is 0.691. The van der Waals surface area contributed by atoms with Crippen LogP contribution in [0.2, 0.25) is 0 Å². The Kier molecular flexibility index (Phi) is 6.14. The van der Waals surface area contributed by atoms with Crippen molar-refractivity contribution >= 4 is 29.1 Å². The Hall–Kier alpha value is -2.67. The molecule has 7 heteroatoms. The molecule has 1 aliphatic rings. The highest BCUT2D eigenvalue weighted by atomic mass is 32.1. The molecule has 3 N–H and O–H groups in total. The molecule has 0 aliphatic heterocycles. The minimum atomic E-state index is -0.485. The Labute approximate surface area is 168 Å². The summed E-state index contributed by atoms with van der Waals surface area (Å²) in [4.78, 5) is 38.3. The van der Waals surface area contributed by atoms with Crippen LogP contribution in [0.4, 0.5) is 0 Å². The van der Waals surface area contributed by atoms with E-state index in [1.54, 1.807) is 12.1 Å². The van der Waals surface area contributed by atoms with Gasteiger partial charge in [0.25, 0.3) is 17.7 Å². The van der Waals surface area contributed by atoms with E-state index >= 15 is 0 Å². The summed E-state index contributed by atoms with van der Waals surface area (Å²) in [6, 6.07) is 7.42. The first-order valence-corrected chi connectivity index (χ1v) is 10.2. The minimum absolute atomic E-state index is 0.218. The van der Waals surface area contributed by atoms with Gasteiger partial charge >= 0.3 is 0 Å². The maximum Gasteiger partial charge on any atom is 0.279 e. The summed E-state index contributed by atoms with van der Waals surface area (Å²) < 4.78 is 0. The molecule has 0 radical (unpaired) electrons. The number of carbonyl (C=O) groups is 3. The van der Waals surface area contributed by atoms with E-state index < -0.39 is 5.91 Å². The molecular formula is C21H25N3O3S. The number of hydrogen-bond acceptors (Lipinski definition) is 4. The van der Waals surface area contributed by atoms with Crippen LogP contribution in [-0.2, 0) is 17.6 Å². The maximum atomic E-state index is 12.3. The number of amides is 3. The van der Waals surface area contributed by atoms with Crippen LogP contribution in [0.15, 0.2) is 24.3 Å². The molecular weight excluding hydrogens is 374 g/mol. The zero-order valence-electron chi connectivity index (χ0n) is 16.3. The molecule has 1 heterocycles. The monoisotopic (exact) mass is 399 g/mol. The van der Waals surface area contributed by atoms with E-state index in [4.69, 9.17) is 0 Å². The van der Waals surface area contributed by atoms with Crippen molar-refractivity contribution in [3.05, 3.63) is 56.3 Å². The molecule has 0 saturated carbocycles. The maximum absolute atomic E-state index is 12.3. The van der Waals surface area contributed by atoms with Crippen molar-refractivity contribution in [1.29, 1.82) is 0 Å². The summed E-state index contributed by atoms with van der Waals surface area (Å²) in [6.07, 6.45) is 3.15.